The minimum Gasteiger partial charge on any atom is -0.480 e. The van der Waals surface area contributed by atoms with Crippen molar-refractivity contribution in [3.05, 3.63) is 0 Å². The molecule has 1 saturated carbocycles. The molecule has 1 aliphatic carbocycles. The maximum atomic E-state index is 11.9. The van der Waals surface area contributed by atoms with Crippen molar-refractivity contribution in [1.82, 2.24) is 10.2 Å². The summed E-state index contributed by atoms with van der Waals surface area (Å²) in [7, 11) is 0. The number of aliphatic hydroxyl groups excluding tert-OH is 1. The third-order valence-corrected chi connectivity index (χ3v) is 3.12. The van der Waals surface area contributed by atoms with Gasteiger partial charge >= 0.3 is 12.0 Å². The van der Waals surface area contributed by atoms with Gasteiger partial charge in [0.1, 0.15) is 6.04 Å². The number of carboxylic acid groups (broad SMARTS) is 1. The second kappa shape index (κ2) is 6.44. The molecular formula is C11H20N2O4. The van der Waals surface area contributed by atoms with Crippen molar-refractivity contribution in [3.8, 4) is 0 Å². The van der Waals surface area contributed by atoms with Crippen LogP contribution in [-0.4, -0.2) is 52.3 Å². The Bertz CT molecular complexity index is 279. The van der Waals surface area contributed by atoms with Gasteiger partial charge in [-0.25, -0.2) is 9.59 Å². The van der Waals surface area contributed by atoms with Gasteiger partial charge < -0.3 is 20.4 Å². The molecule has 0 aromatic carbocycles. The van der Waals surface area contributed by atoms with Crippen molar-refractivity contribution >= 4 is 12.0 Å². The first-order chi connectivity index (χ1) is 8.10. The second-order valence-electron chi connectivity index (χ2n) is 4.25. The molecule has 0 aromatic rings. The molecule has 0 aliphatic heterocycles. The first-order valence-electron chi connectivity index (χ1n) is 6.01. The third kappa shape index (κ3) is 3.59. The number of nitrogens with one attached hydrogen (secondary N) is 1. The van der Waals surface area contributed by atoms with Crippen molar-refractivity contribution in [2.24, 2.45) is 0 Å². The van der Waals surface area contributed by atoms with Gasteiger partial charge in [-0.1, -0.05) is 6.92 Å². The van der Waals surface area contributed by atoms with Crippen LogP contribution in [0.15, 0.2) is 0 Å². The lowest BCUT2D eigenvalue weighted by Crippen LogP contribution is -2.53. The molecule has 3 N–H and O–H groups in total. The van der Waals surface area contributed by atoms with Crippen LogP contribution in [0.3, 0.4) is 0 Å². The summed E-state index contributed by atoms with van der Waals surface area (Å²) in [5.41, 5.74) is 0. The predicted molar refractivity (Wildman–Crippen MR) is 61.7 cm³/mol. The number of rotatable bonds is 6. The molecule has 0 unspecified atom stereocenters. The van der Waals surface area contributed by atoms with Gasteiger partial charge in [0.15, 0.2) is 0 Å². The van der Waals surface area contributed by atoms with Crippen LogP contribution in [0.5, 0.6) is 0 Å². The lowest BCUT2D eigenvalue weighted by atomic mass is 9.91. The zero-order valence-electron chi connectivity index (χ0n) is 10.1. The smallest absolute Gasteiger partial charge is 0.326 e. The average Bonchev–Trinajstić information content (AvgIpc) is 2.22. The number of aliphatic carboxylic acids is 1. The number of hydrogen-bond acceptors (Lipinski definition) is 3. The predicted octanol–water partition coefficient (Wildman–Crippen LogP) is 0.406. The van der Waals surface area contributed by atoms with E-state index < -0.39 is 18.0 Å². The summed E-state index contributed by atoms with van der Waals surface area (Å²) in [6.45, 7) is 1.86. The van der Waals surface area contributed by atoms with E-state index in [1.54, 1.807) is 6.92 Å². The van der Waals surface area contributed by atoms with Crippen LogP contribution in [0.25, 0.3) is 0 Å². The number of aliphatic hydroxyl groups is 1. The molecule has 1 rings (SSSR count). The average molecular weight is 244 g/mol. The minimum absolute atomic E-state index is 0.103. The lowest BCUT2D eigenvalue weighted by molar-refractivity contribution is -0.139. The number of carbonyl (C=O) groups is 2. The first-order valence-corrected chi connectivity index (χ1v) is 6.01. The molecule has 0 aromatic heterocycles. The fraction of sp³-hybridized carbons (Fsp3) is 0.818. The maximum absolute atomic E-state index is 11.9. The molecule has 6 heteroatoms. The van der Waals surface area contributed by atoms with Gasteiger partial charge in [-0.2, -0.15) is 0 Å². The normalized spacial score (nSPS) is 17.1. The number of amides is 2. The Balaban J connectivity index is 2.54. The summed E-state index contributed by atoms with van der Waals surface area (Å²) < 4.78 is 0. The summed E-state index contributed by atoms with van der Waals surface area (Å²) in [5.74, 6) is -1.03. The molecule has 2 amide bonds. The van der Waals surface area contributed by atoms with E-state index in [9.17, 15) is 9.59 Å². The fourth-order valence-electron chi connectivity index (χ4n) is 1.83. The van der Waals surface area contributed by atoms with Crippen LogP contribution in [-0.2, 0) is 4.79 Å². The van der Waals surface area contributed by atoms with E-state index >= 15 is 0 Å². The van der Waals surface area contributed by atoms with E-state index in [1.807, 2.05) is 0 Å². The fourth-order valence-corrected chi connectivity index (χ4v) is 1.83. The molecule has 98 valence electrons. The number of nitrogens with zero attached hydrogens (tertiary/aromatic N) is 1. The maximum Gasteiger partial charge on any atom is 0.326 e. The molecule has 1 aliphatic rings. The summed E-state index contributed by atoms with van der Waals surface area (Å²) in [6, 6.07) is -1.10. The largest absolute Gasteiger partial charge is 0.480 e. The van der Waals surface area contributed by atoms with Crippen molar-refractivity contribution in [1.29, 1.82) is 0 Å². The molecule has 0 saturated heterocycles. The standard InChI is InChI=1S/C11H20N2O4/c1-2-9(10(15)16)12-11(17)13(6-7-14)8-4-3-5-8/h8-9,14H,2-7H2,1H3,(H,12,17)(H,15,16)/t9-/m1/s1. The van der Waals surface area contributed by atoms with Gasteiger partial charge in [-0.05, 0) is 25.7 Å². The summed E-state index contributed by atoms with van der Waals surface area (Å²) >= 11 is 0. The number of carboxylic acids is 1. The van der Waals surface area contributed by atoms with Gasteiger partial charge in [0.2, 0.25) is 0 Å². The van der Waals surface area contributed by atoms with Crippen LogP contribution in [0.1, 0.15) is 32.6 Å². The monoisotopic (exact) mass is 244 g/mol. The van der Waals surface area contributed by atoms with E-state index in [4.69, 9.17) is 10.2 Å². The molecular weight excluding hydrogens is 224 g/mol. The zero-order valence-corrected chi connectivity index (χ0v) is 10.1. The molecule has 0 radical (unpaired) electrons. The van der Waals surface area contributed by atoms with Crippen LogP contribution >= 0.6 is 0 Å². The Morgan fingerprint density at radius 2 is 2.12 bits per heavy atom. The van der Waals surface area contributed by atoms with Gasteiger partial charge in [0.25, 0.3) is 0 Å². The van der Waals surface area contributed by atoms with Gasteiger partial charge in [0.05, 0.1) is 6.61 Å². The highest BCUT2D eigenvalue weighted by Gasteiger charge is 2.30. The zero-order chi connectivity index (χ0) is 12.8. The SMILES string of the molecule is CC[C@@H](NC(=O)N(CCO)C1CCC1)C(=O)O. The molecule has 17 heavy (non-hydrogen) atoms. The van der Waals surface area contributed by atoms with Crippen LogP contribution in [0, 0.1) is 0 Å². The Hall–Kier alpha value is -1.30. The van der Waals surface area contributed by atoms with Gasteiger partial charge in [-0.15, -0.1) is 0 Å². The van der Waals surface area contributed by atoms with Gasteiger partial charge in [-0.3, -0.25) is 0 Å². The van der Waals surface area contributed by atoms with E-state index in [1.165, 1.54) is 4.90 Å². The number of urea groups is 1. The van der Waals surface area contributed by atoms with Crippen LogP contribution in [0.4, 0.5) is 4.79 Å². The molecule has 1 atom stereocenters. The van der Waals surface area contributed by atoms with Gasteiger partial charge in [0, 0.05) is 12.6 Å². The van der Waals surface area contributed by atoms with Crippen molar-refractivity contribution in [3.63, 3.8) is 0 Å². The van der Waals surface area contributed by atoms with Crippen LogP contribution < -0.4 is 5.32 Å². The van der Waals surface area contributed by atoms with Crippen molar-refractivity contribution in [2.45, 2.75) is 44.7 Å². The highest BCUT2D eigenvalue weighted by atomic mass is 16.4. The van der Waals surface area contributed by atoms with E-state index in [0.717, 1.165) is 19.3 Å². The Kier molecular flexibility index (Phi) is 5.21. The molecule has 0 spiro atoms. The highest BCUT2D eigenvalue weighted by molar-refractivity contribution is 5.82. The number of carbonyl (C=O) groups excluding carboxylic acids is 1. The summed E-state index contributed by atoms with van der Waals surface area (Å²) in [5, 5.41) is 20.3. The molecule has 0 bridgehead atoms. The lowest BCUT2D eigenvalue weighted by Gasteiger charge is -2.37. The van der Waals surface area contributed by atoms with E-state index in [0.29, 0.717) is 6.42 Å². The second-order valence-corrected chi connectivity index (χ2v) is 4.25. The quantitative estimate of drug-likeness (QED) is 0.631. The minimum atomic E-state index is -1.03. The van der Waals surface area contributed by atoms with E-state index in [2.05, 4.69) is 5.32 Å². The van der Waals surface area contributed by atoms with Crippen LogP contribution in [0.2, 0.25) is 0 Å². The van der Waals surface area contributed by atoms with E-state index in [-0.39, 0.29) is 19.2 Å². The summed E-state index contributed by atoms with van der Waals surface area (Å²) in [4.78, 5) is 24.2. The Morgan fingerprint density at radius 1 is 1.47 bits per heavy atom. The number of hydrogen-bond donors (Lipinski definition) is 3. The Labute approximate surface area is 101 Å². The molecule has 0 heterocycles. The van der Waals surface area contributed by atoms with Crippen molar-refractivity contribution in [2.75, 3.05) is 13.2 Å². The topological polar surface area (TPSA) is 89.9 Å². The molecule has 6 nitrogen and oxygen atoms in total. The van der Waals surface area contributed by atoms with Crippen molar-refractivity contribution < 1.29 is 19.8 Å². The first kappa shape index (κ1) is 13.8. The Morgan fingerprint density at radius 3 is 2.47 bits per heavy atom. The highest BCUT2D eigenvalue weighted by Crippen LogP contribution is 2.24. The molecule has 1 fully saturated rings. The third-order valence-electron chi connectivity index (χ3n) is 3.12. The summed E-state index contributed by atoms with van der Waals surface area (Å²) in [6.07, 6.45) is 3.28.